The van der Waals surface area contributed by atoms with E-state index in [1.165, 1.54) is 17.5 Å². The zero-order chi connectivity index (χ0) is 18.3. The Kier molecular flexibility index (Phi) is 4.19. The minimum atomic E-state index is -2.82. The monoisotopic (exact) mass is 377 g/mol. The molecule has 1 atom stereocenters. The first-order valence-corrected chi connectivity index (χ1v) is 8.65. The zero-order valence-corrected chi connectivity index (χ0v) is 14.4. The molecule has 0 radical (unpaired) electrons. The molecule has 3 aromatic rings. The molecule has 1 unspecified atom stereocenters. The molecule has 0 saturated carbocycles. The Morgan fingerprint density at radius 3 is 3.00 bits per heavy atom. The van der Waals surface area contributed by atoms with E-state index < -0.39 is 12.3 Å². The van der Waals surface area contributed by atoms with Crippen LogP contribution >= 0.6 is 11.3 Å². The predicted octanol–water partition coefficient (Wildman–Crippen LogP) is 3.57. The Morgan fingerprint density at radius 1 is 1.38 bits per heavy atom. The lowest BCUT2D eigenvalue weighted by atomic mass is 9.92. The molecular weight excluding hydrogens is 364 g/mol. The highest BCUT2D eigenvalue weighted by molar-refractivity contribution is 7.15. The summed E-state index contributed by atoms with van der Waals surface area (Å²) in [6.07, 6.45) is 2.45. The highest BCUT2D eigenvalue weighted by atomic mass is 32.1. The van der Waals surface area contributed by atoms with Crippen LogP contribution in [0.5, 0.6) is 0 Å². The lowest BCUT2D eigenvalue weighted by Gasteiger charge is -2.31. The minimum Gasteiger partial charge on any atom is -0.414 e. The lowest BCUT2D eigenvalue weighted by Crippen LogP contribution is -2.35. The Hall–Kier alpha value is -2.75. The Morgan fingerprint density at radius 2 is 2.23 bits per heavy atom. The average Bonchev–Trinajstić information content (AvgIpc) is 3.28. The number of hydrogen-bond acceptors (Lipinski definition) is 7. The van der Waals surface area contributed by atoms with Gasteiger partial charge in [-0.05, 0) is 17.5 Å². The molecule has 3 aromatic heterocycles. The smallest absolute Gasteiger partial charge is 0.314 e. The van der Waals surface area contributed by atoms with Crippen LogP contribution in [0, 0.1) is 0 Å². The molecule has 4 rings (SSSR count). The molecule has 0 N–H and O–H groups in total. The number of hydrogen-bond donors (Lipinski definition) is 0. The molecule has 1 aliphatic rings. The third kappa shape index (κ3) is 2.96. The fourth-order valence-corrected chi connectivity index (χ4v) is 3.70. The molecule has 0 bridgehead atoms. The molecule has 10 heteroatoms. The number of alkyl halides is 2. The molecule has 0 spiro atoms. The molecule has 1 aliphatic heterocycles. The van der Waals surface area contributed by atoms with Crippen LogP contribution < -0.4 is 4.90 Å². The average molecular weight is 377 g/mol. The van der Waals surface area contributed by atoms with Gasteiger partial charge in [-0.15, -0.1) is 21.5 Å². The molecule has 1 amide bonds. The van der Waals surface area contributed by atoms with Crippen LogP contribution in [0.2, 0.25) is 0 Å². The van der Waals surface area contributed by atoms with Crippen molar-refractivity contribution in [2.45, 2.75) is 32.2 Å². The SMILES string of the molecule is CC1CC(=O)N(Cc2ncc(-c3nnc(C(F)F)o3)s2)c2cnccc21. The molecule has 0 aliphatic carbocycles. The topological polar surface area (TPSA) is 85.0 Å². The molecule has 134 valence electrons. The van der Waals surface area contributed by atoms with E-state index in [1.54, 1.807) is 17.3 Å². The van der Waals surface area contributed by atoms with E-state index in [0.717, 1.165) is 11.3 Å². The number of fused-ring (bicyclic) bond motifs is 1. The molecular formula is C16H13F2N5O2S. The standard InChI is InChI=1S/C16H13F2N5O2S/c1-8-4-13(24)23(10-5-19-3-2-9(8)10)7-12-20-6-11(26-12)15-21-22-16(25-15)14(17)18/h2-3,5-6,8,14H,4,7H2,1H3. The second-order valence-electron chi connectivity index (χ2n) is 5.88. The van der Waals surface area contributed by atoms with Crippen molar-refractivity contribution in [1.29, 1.82) is 0 Å². The van der Waals surface area contributed by atoms with Gasteiger partial charge in [0.05, 0.1) is 24.6 Å². The fourth-order valence-electron chi connectivity index (χ4n) is 2.87. The van der Waals surface area contributed by atoms with E-state index >= 15 is 0 Å². The number of thiazole rings is 1. The minimum absolute atomic E-state index is 0.00692. The van der Waals surface area contributed by atoms with Crippen LogP contribution in [0.4, 0.5) is 14.5 Å². The van der Waals surface area contributed by atoms with Crippen LogP contribution in [0.25, 0.3) is 10.8 Å². The number of anilines is 1. The van der Waals surface area contributed by atoms with Crippen molar-refractivity contribution in [3.8, 4) is 10.8 Å². The predicted molar refractivity (Wildman–Crippen MR) is 88.8 cm³/mol. The van der Waals surface area contributed by atoms with Crippen LogP contribution in [0.3, 0.4) is 0 Å². The van der Waals surface area contributed by atoms with Gasteiger partial charge in [0, 0.05) is 12.6 Å². The summed E-state index contributed by atoms with van der Waals surface area (Å²) in [6.45, 7) is 2.27. The van der Waals surface area contributed by atoms with Gasteiger partial charge in [-0.25, -0.2) is 4.98 Å². The van der Waals surface area contributed by atoms with Gasteiger partial charge in [0.25, 0.3) is 11.8 Å². The van der Waals surface area contributed by atoms with Crippen LogP contribution in [-0.2, 0) is 11.3 Å². The number of aromatic nitrogens is 4. The number of carbonyl (C=O) groups excluding carboxylic acids is 1. The summed E-state index contributed by atoms with van der Waals surface area (Å²) in [5.41, 5.74) is 1.83. The van der Waals surface area contributed by atoms with Crippen molar-refractivity contribution >= 4 is 22.9 Å². The van der Waals surface area contributed by atoms with Gasteiger partial charge >= 0.3 is 6.43 Å². The van der Waals surface area contributed by atoms with Crippen LogP contribution in [0.1, 0.15) is 42.1 Å². The summed E-state index contributed by atoms with van der Waals surface area (Å²) in [5.74, 6) is -0.609. The second kappa shape index (κ2) is 6.52. The highest BCUT2D eigenvalue weighted by Crippen LogP contribution is 2.36. The maximum Gasteiger partial charge on any atom is 0.314 e. The summed E-state index contributed by atoms with van der Waals surface area (Å²) in [5, 5.41) is 7.55. The van der Waals surface area contributed by atoms with Gasteiger partial charge in [-0.2, -0.15) is 8.78 Å². The maximum atomic E-state index is 12.6. The summed E-state index contributed by atoms with van der Waals surface area (Å²) in [6, 6.07) is 1.91. The van der Waals surface area contributed by atoms with E-state index in [9.17, 15) is 13.6 Å². The van der Waals surface area contributed by atoms with E-state index in [2.05, 4.69) is 20.2 Å². The maximum absolute atomic E-state index is 12.6. The lowest BCUT2D eigenvalue weighted by molar-refractivity contribution is -0.119. The van der Waals surface area contributed by atoms with Crippen molar-refractivity contribution in [1.82, 2.24) is 20.2 Å². The normalized spacial score (nSPS) is 17.0. The van der Waals surface area contributed by atoms with E-state index in [-0.39, 0.29) is 24.3 Å². The van der Waals surface area contributed by atoms with Crippen molar-refractivity contribution < 1.29 is 18.0 Å². The van der Waals surface area contributed by atoms with Gasteiger partial charge in [-0.1, -0.05) is 6.92 Å². The van der Waals surface area contributed by atoms with Gasteiger partial charge in [0.1, 0.15) is 9.88 Å². The van der Waals surface area contributed by atoms with Crippen molar-refractivity contribution in [3.63, 3.8) is 0 Å². The van der Waals surface area contributed by atoms with Crippen LogP contribution in [-0.4, -0.2) is 26.1 Å². The fraction of sp³-hybridized carbons (Fsp3) is 0.312. The van der Waals surface area contributed by atoms with E-state index in [1.807, 2.05) is 13.0 Å². The van der Waals surface area contributed by atoms with Crippen molar-refractivity contribution in [2.24, 2.45) is 0 Å². The van der Waals surface area contributed by atoms with E-state index in [0.29, 0.717) is 16.3 Å². The van der Waals surface area contributed by atoms with E-state index in [4.69, 9.17) is 4.42 Å². The van der Waals surface area contributed by atoms with Gasteiger partial charge in [-0.3, -0.25) is 9.78 Å². The van der Waals surface area contributed by atoms with Crippen molar-refractivity contribution in [2.75, 3.05) is 4.90 Å². The largest absolute Gasteiger partial charge is 0.414 e. The van der Waals surface area contributed by atoms with Gasteiger partial charge in [0.15, 0.2) is 0 Å². The first-order valence-electron chi connectivity index (χ1n) is 7.84. The number of carbonyl (C=O) groups is 1. The molecule has 0 fully saturated rings. The molecule has 0 saturated heterocycles. The summed E-state index contributed by atoms with van der Waals surface area (Å²) in [4.78, 5) is 23.0. The van der Waals surface area contributed by atoms with Gasteiger partial charge in [0.2, 0.25) is 5.91 Å². The summed E-state index contributed by atoms with van der Waals surface area (Å²) in [7, 11) is 0. The number of rotatable bonds is 4. The Bertz CT molecular complexity index is 958. The zero-order valence-electron chi connectivity index (χ0n) is 13.6. The summed E-state index contributed by atoms with van der Waals surface area (Å²) >= 11 is 1.22. The molecule has 26 heavy (non-hydrogen) atoms. The third-order valence-corrected chi connectivity index (χ3v) is 5.09. The molecule has 0 aromatic carbocycles. The first-order chi connectivity index (χ1) is 12.5. The summed E-state index contributed by atoms with van der Waals surface area (Å²) < 4.78 is 30.1. The third-order valence-electron chi connectivity index (χ3n) is 4.12. The number of halogens is 2. The van der Waals surface area contributed by atoms with Gasteiger partial charge < -0.3 is 9.32 Å². The first kappa shape index (κ1) is 16.7. The Labute approximate surface area is 150 Å². The number of pyridine rings is 1. The highest BCUT2D eigenvalue weighted by Gasteiger charge is 2.30. The molecule has 7 nitrogen and oxygen atoms in total. The van der Waals surface area contributed by atoms with Crippen molar-refractivity contribution in [3.05, 3.63) is 41.1 Å². The van der Waals surface area contributed by atoms with Crippen LogP contribution in [0.15, 0.2) is 29.1 Å². The number of nitrogens with zero attached hydrogens (tertiary/aromatic N) is 5. The number of amides is 1. The molecule has 4 heterocycles. The second-order valence-corrected chi connectivity index (χ2v) is 7.00. The quantitative estimate of drug-likeness (QED) is 0.691. The Balaban J connectivity index is 1.59.